The molecule has 80 valence electrons. The topological polar surface area (TPSA) is 51.2 Å². The van der Waals surface area contributed by atoms with Gasteiger partial charge >= 0.3 is 5.97 Å². The normalized spacial score (nSPS) is 20.2. The van der Waals surface area contributed by atoms with E-state index < -0.39 is 0 Å². The van der Waals surface area contributed by atoms with Gasteiger partial charge in [-0.15, -0.1) is 0 Å². The van der Waals surface area contributed by atoms with Crippen LogP contribution in [0.25, 0.3) is 0 Å². The quantitative estimate of drug-likeness (QED) is 0.732. The number of pyridine rings is 1. The van der Waals surface area contributed by atoms with Gasteiger partial charge in [-0.25, -0.2) is 4.79 Å². The Morgan fingerprint density at radius 2 is 2.47 bits per heavy atom. The Labute approximate surface area is 88.7 Å². The van der Waals surface area contributed by atoms with Gasteiger partial charge < -0.3 is 10.1 Å². The van der Waals surface area contributed by atoms with E-state index >= 15 is 0 Å². The Kier molecular flexibility index (Phi) is 2.97. The molecule has 15 heavy (non-hydrogen) atoms. The van der Waals surface area contributed by atoms with Crippen molar-refractivity contribution in [3.8, 4) is 0 Å². The summed E-state index contributed by atoms with van der Waals surface area (Å²) in [5.74, 6) is 0.148. The maximum atomic E-state index is 11.2. The van der Waals surface area contributed by atoms with E-state index in [1.165, 1.54) is 7.11 Å². The highest BCUT2D eigenvalue weighted by atomic mass is 16.5. The summed E-state index contributed by atoms with van der Waals surface area (Å²) >= 11 is 0. The minimum Gasteiger partial charge on any atom is -0.465 e. The van der Waals surface area contributed by atoms with Crippen molar-refractivity contribution in [1.82, 2.24) is 10.3 Å². The van der Waals surface area contributed by atoms with Gasteiger partial charge in [-0.1, -0.05) is 0 Å². The maximum absolute atomic E-state index is 11.2. The standard InChI is InChI=1S/C11H14N2O2/c1-15-11(14)9-2-3-10(13-7-9)8-4-5-12-6-8/h2-3,7-8,12H,4-6H2,1H3. The number of hydrogen-bond acceptors (Lipinski definition) is 4. The van der Waals surface area contributed by atoms with Crippen LogP contribution >= 0.6 is 0 Å². The molecule has 4 heteroatoms. The number of carbonyl (C=O) groups excluding carboxylic acids is 1. The van der Waals surface area contributed by atoms with Crippen molar-refractivity contribution in [2.75, 3.05) is 20.2 Å². The van der Waals surface area contributed by atoms with Crippen LogP contribution in [0.15, 0.2) is 18.3 Å². The predicted octanol–water partition coefficient (Wildman–Crippen LogP) is 0.945. The van der Waals surface area contributed by atoms with Gasteiger partial charge in [-0.2, -0.15) is 0 Å². The second-order valence-corrected chi connectivity index (χ2v) is 3.65. The molecule has 1 saturated heterocycles. The minimum absolute atomic E-state index is 0.335. The van der Waals surface area contributed by atoms with Crippen molar-refractivity contribution < 1.29 is 9.53 Å². The number of hydrogen-bond donors (Lipinski definition) is 1. The first-order valence-corrected chi connectivity index (χ1v) is 5.06. The van der Waals surface area contributed by atoms with Crippen LogP contribution in [0.2, 0.25) is 0 Å². The Bertz CT molecular complexity index is 342. The van der Waals surface area contributed by atoms with Gasteiger partial charge in [0, 0.05) is 24.4 Å². The number of nitrogens with zero attached hydrogens (tertiary/aromatic N) is 1. The fraction of sp³-hybridized carbons (Fsp3) is 0.455. The lowest BCUT2D eigenvalue weighted by Gasteiger charge is -2.07. The average molecular weight is 206 g/mol. The molecule has 0 amide bonds. The van der Waals surface area contributed by atoms with Crippen molar-refractivity contribution in [2.24, 2.45) is 0 Å². The second-order valence-electron chi connectivity index (χ2n) is 3.65. The van der Waals surface area contributed by atoms with Crippen LogP contribution < -0.4 is 5.32 Å². The predicted molar refractivity (Wildman–Crippen MR) is 55.8 cm³/mol. The first-order valence-electron chi connectivity index (χ1n) is 5.06. The van der Waals surface area contributed by atoms with Gasteiger partial charge in [-0.3, -0.25) is 4.98 Å². The van der Waals surface area contributed by atoms with Gasteiger partial charge in [0.1, 0.15) is 0 Å². The molecule has 1 aliphatic rings. The third kappa shape index (κ3) is 2.15. The number of carbonyl (C=O) groups is 1. The number of methoxy groups -OCH3 is 1. The Morgan fingerprint density at radius 1 is 1.60 bits per heavy atom. The van der Waals surface area contributed by atoms with E-state index in [0.717, 1.165) is 25.2 Å². The lowest BCUT2D eigenvalue weighted by molar-refractivity contribution is 0.0600. The molecule has 0 saturated carbocycles. The zero-order valence-electron chi connectivity index (χ0n) is 8.69. The smallest absolute Gasteiger partial charge is 0.339 e. The van der Waals surface area contributed by atoms with Crippen molar-refractivity contribution in [3.63, 3.8) is 0 Å². The van der Waals surface area contributed by atoms with Crippen molar-refractivity contribution in [1.29, 1.82) is 0 Å². The lowest BCUT2D eigenvalue weighted by atomic mass is 10.0. The van der Waals surface area contributed by atoms with Gasteiger partial charge in [0.25, 0.3) is 0 Å². The molecule has 2 rings (SSSR count). The van der Waals surface area contributed by atoms with Crippen LogP contribution in [0.5, 0.6) is 0 Å². The van der Waals surface area contributed by atoms with E-state index in [9.17, 15) is 4.79 Å². The molecule has 1 aromatic rings. The summed E-state index contributed by atoms with van der Waals surface area (Å²) in [6, 6.07) is 3.68. The number of rotatable bonds is 2. The highest BCUT2D eigenvalue weighted by Gasteiger charge is 2.18. The molecule has 1 aromatic heterocycles. The second kappa shape index (κ2) is 4.40. The summed E-state index contributed by atoms with van der Waals surface area (Å²) in [5.41, 5.74) is 1.56. The van der Waals surface area contributed by atoms with E-state index in [-0.39, 0.29) is 5.97 Å². The molecule has 0 aromatic carbocycles. The molecule has 4 nitrogen and oxygen atoms in total. The Balaban J connectivity index is 2.12. The van der Waals surface area contributed by atoms with Gasteiger partial charge in [0.05, 0.1) is 12.7 Å². The summed E-state index contributed by atoms with van der Waals surface area (Å²) in [4.78, 5) is 15.5. The number of nitrogens with one attached hydrogen (secondary N) is 1. The van der Waals surface area contributed by atoms with Gasteiger partial charge in [-0.05, 0) is 25.1 Å². The first kappa shape index (κ1) is 10.1. The molecule has 1 N–H and O–H groups in total. The molecule has 0 radical (unpaired) electrons. The molecule has 1 fully saturated rings. The highest BCUT2D eigenvalue weighted by molar-refractivity contribution is 5.88. The van der Waals surface area contributed by atoms with Crippen molar-refractivity contribution in [3.05, 3.63) is 29.6 Å². The van der Waals surface area contributed by atoms with Crippen LogP contribution in [-0.2, 0) is 4.74 Å². The zero-order valence-corrected chi connectivity index (χ0v) is 8.69. The van der Waals surface area contributed by atoms with Crippen LogP contribution in [0.3, 0.4) is 0 Å². The molecular weight excluding hydrogens is 192 g/mol. The van der Waals surface area contributed by atoms with E-state index in [0.29, 0.717) is 11.5 Å². The number of ether oxygens (including phenoxy) is 1. The van der Waals surface area contributed by atoms with E-state index in [4.69, 9.17) is 0 Å². The molecule has 1 aliphatic heterocycles. The van der Waals surface area contributed by atoms with E-state index in [1.807, 2.05) is 6.07 Å². The fourth-order valence-electron chi connectivity index (χ4n) is 1.79. The Hall–Kier alpha value is -1.42. The maximum Gasteiger partial charge on any atom is 0.339 e. The van der Waals surface area contributed by atoms with Crippen LogP contribution in [0.1, 0.15) is 28.4 Å². The number of esters is 1. The molecular formula is C11H14N2O2. The molecule has 0 bridgehead atoms. The summed E-state index contributed by atoms with van der Waals surface area (Å²) < 4.78 is 4.61. The SMILES string of the molecule is COC(=O)c1ccc(C2CCNC2)nc1. The Morgan fingerprint density at radius 3 is 3.00 bits per heavy atom. The highest BCUT2D eigenvalue weighted by Crippen LogP contribution is 2.20. The van der Waals surface area contributed by atoms with Crippen LogP contribution in [0.4, 0.5) is 0 Å². The molecule has 0 aliphatic carbocycles. The summed E-state index contributed by atoms with van der Waals surface area (Å²) in [5, 5.41) is 3.29. The number of aromatic nitrogens is 1. The zero-order chi connectivity index (χ0) is 10.7. The van der Waals surface area contributed by atoms with Crippen molar-refractivity contribution >= 4 is 5.97 Å². The van der Waals surface area contributed by atoms with Gasteiger partial charge in [0.2, 0.25) is 0 Å². The molecule has 0 spiro atoms. The molecule has 1 atom stereocenters. The van der Waals surface area contributed by atoms with Crippen LogP contribution in [0, 0.1) is 0 Å². The molecule has 1 unspecified atom stereocenters. The first-order chi connectivity index (χ1) is 7.31. The average Bonchev–Trinajstić information content (AvgIpc) is 2.82. The largest absolute Gasteiger partial charge is 0.465 e. The summed E-state index contributed by atoms with van der Waals surface area (Å²) in [7, 11) is 1.37. The summed E-state index contributed by atoms with van der Waals surface area (Å²) in [6.07, 6.45) is 2.70. The lowest BCUT2D eigenvalue weighted by Crippen LogP contribution is -2.09. The minimum atomic E-state index is -0.335. The third-order valence-corrected chi connectivity index (χ3v) is 2.69. The van der Waals surface area contributed by atoms with Gasteiger partial charge in [0.15, 0.2) is 0 Å². The summed E-state index contributed by atoms with van der Waals surface area (Å²) in [6.45, 7) is 2.02. The van der Waals surface area contributed by atoms with Crippen molar-refractivity contribution in [2.45, 2.75) is 12.3 Å². The molecule has 2 heterocycles. The van der Waals surface area contributed by atoms with Crippen LogP contribution in [-0.4, -0.2) is 31.2 Å². The fourth-order valence-corrected chi connectivity index (χ4v) is 1.79. The third-order valence-electron chi connectivity index (χ3n) is 2.69. The van der Waals surface area contributed by atoms with E-state index in [1.54, 1.807) is 12.3 Å². The van der Waals surface area contributed by atoms with E-state index in [2.05, 4.69) is 15.0 Å². The monoisotopic (exact) mass is 206 g/mol.